The maximum absolute atomic E-state index is 13.6. The summed E-state index contributed by atoms with van der Waals surface area (Å²) < 4.78 is 15.6. The van der Waals surface area contributed by atoms with Crippen molar-refractivity contribution < 1.29 is 14.3 Å². The van der Waals surface area contributed by atoms with Crippen molar-refractivity contribution >= 4 is 39.9 Å². The fourth-order valence-electron chi connectivity index (χ4n) is 6.11. The standard InChI is InChI=1S/C33H33FN10O2S/c1-3-26-30(40(2)32-39-29(27(16-35)47-32)21-4-7-24(34)8-5-21)44-19-22(6-9-28(44)38-26)23-17-36-31(37-18-23)41-12-14-42(15-13-41)33(46)43-11-10-25(45)20-43/h4-9,17-19,25,45H,3,10-15,20H2,1-2H3/t25-/m0/s1. The molecule has 2 saturated heterocycles. The Balaban J connectivity index is 1.11. The van der Waals surface area contributed by atoms with Crippen molar-refractivity contribution in [1.82, 2.24) is 34.1 Å². The van der Waals surface area contributed by atoms with Gasteiger partial charge >= 0.3 is 6.03 Å². The molecule has 14 heteroatoms. The lowest BCUT2D eigenvalue weighted by Crippen LogP contribution is -2.53. The molecule has 2 fully saturated rings. The first kappa shape index (κ1) is 30.5. The molecule has 7 rings (SSSR count). The molecule has 0 aliphatic carbocycles. The molecule has 1 atom stereocenters. The van der Waals surface area contributed by atoms with E-state index in [0.717, 1.165) is 28.3 Å². The summed E-state index contributed by atoms with van der Waals surface area (Å²) in [5.74, 6) is 1.10. The fraction of sp³-hybridized carbons (Fsp3) is 0.333. The second kappa shape index (κ2) is 12.6. The van der Waals surface area contributed by atoms with Crippen LogP contribution in [0.2, 0.25) is 0 Å². The van der Waals surface area contributed by atoms with E-state index in [2.05, 4.69) is 20.9 Å². The van der Waals surface area contributed by atoms with Gasteiger partial charge in [-0.2, -0.15) is 5.26 Å². The molecule has 5 aromatic rings. The van der Waals surface area contributed by atoms with E-state index in [-0.39, 0.29) is 11.8 Å². The van der Waals surface area contributed by atoms with Gasteiger partial charge in [-0.05, 0) is 49.2 Å². The Labute approximate surface area is 275 Å². The molecule has 2 aliphatic heterocycles. The number of aryl methyl sites for hydroxylation is 1. The monoisotopic (exact) mass is 652 g/mol. The number of fused-ring (bicyclic) bond motifs is 1. The van der Waals surface area contributed by atoms with E-state index in [4.69, 9.17) is 9.97 Å². The number of nitrogens with zero attached hydrogens (tertiary/aromatic N) is 10. The van der Waals surface area contributed by atoms with Gasteiger partial charge < -0.3 is 24.7 Å². The number of aliphatic hydroxyl groups excluding tert-OH is 1. The van der Waals surface area contributed by atoms with Crippen LogP contribution in [0.5, 0.6) is 0 Å². The third-order valence-electron chi connectivity index (χ3n) is 8.68. The molecule has 6 heterocycles. The molecule has 2 aliphatic rings. The van der Waals surface area contributed by atoms with Crippen LogP contribution in [0.3, 0.4) is 0 Å². The van der Waals surface area contributed by atoms with Crippen LogP contribution in [-0.4, -0.2) is 97.7 Å². The zero-order valence-electron chi connectivity index (χ0n) is 26.0. The SMILES string of the molecule is CCc1nc2ccc(-c3cnc(N4CCN(C(=O)N5CC[C@H](O)C5)CC4)nc3)cn2c1N(C)c1nc(-c2ccc(F)cc2)c(C#N)s1. The minimum absolute atomic E-state index is 0.0164. The predicted octanol–water partition coefficient (Wildman–Crippen LogP) is 4.56. The molecule has 1 aromatic carbocycles. The van der Waals surface area contributed by atoms with Crippen LogP contribution in [0.1, 0.15) is 23.9 Å². The van der Waals surface area contributed by atoms with Crippen LogP contribution < -0.4 is 9.80 Å². The van der Waals surface area contributed by atoms with Crippen LogP contribution in [0.15, 0.2) is 55.0 Å². The molecule has 47 heavy (non-hydrogen) atoms. The van der Waals surface area contributed by atoms with Gasteiger partial charge in [0.25, 0.3) is 0 Å². The number of pyridine rings is 1. The molecular formula is C33H33FN10O2S. The van der Waals surface area contributed by atoms with Crippen LogP contribution in [0, 0.1) is 17.1 Å². The van der Waals surface area contributed by atoms with Gasteiger partial charge in [0.1, 0.15) is 33.9 Å². The first-order chi connectivity index (χ1) is 22.8. The van der Waals surface area contributed by atoms with Crippen molar-refractivity contribution in [1.29, 1.82) is 5.26 Å². The van der Waals surface area contributed by atoms with Crippen molar-refractivity contribution in [2.45, 2.75) is 25.9 Å². The number of hydrogen-bond donors (Lipinski definition) is 1. The largest absolute Gasteiger partial charge is 0.391 e. The van der Waals surface area contributed by atoms with Gasteiger partial charge in [-0.3, -0.25) is 4.40 Å². The summed E-state index contributed by atoms with van der Waals surface area (Å²) in [7, 11) is 1.91. The zero-order valence-corrected chi connectivity index (χ0v) is 26.9. The highest BCUT2D eigenvalue weighted by Gasteiger charge is 2.30. The molecule has 240 valence electrons. The topological polar surface area (TPSA) is 130 Å². The Morgan fingerprint density at radius 2 is 1.74 bits per heavy atom. The van der Waals surface area contributed by atoms with E-state index in [1.165, 1.54) is 23.5 Å². The molecule has 2 amide bonds. The third kappa shape index (κ3) is 5.84. The highest BCUT2D eigenvalue weighted by molar-refractivity contribution is 7.16. The van der Waals surface area contributed by atoms with Gasteiger partial charge in [0.15, 0.2) is 5.13 Å². The van der Waals surface area contributed by atoms with Crippen LogP contribution in [0.25, 0.3) is 28.0 Å². The van der Waals surface area contributed by atoms with Crippen LogP contribution in [0.4, 0.5) is 26.1 Å². The van der Waals surface area contributed by atoms with Gasteiger partial charge in [0.2, 0.25) is 5.95 Å². The number of aliphatic hydroxyl groups is 1. The Kier molecular flexibility index (Phi) is 8.17. The summed E-state index contributed by atoms with van der Waals surface area (Å²) in [5.41, 5.74) is 4.60. The number of β-amino-alcohol motifs (C(OH)–C–C–N with tert-alkyl or cyclic N) is 1. The quantitative estimate of drug-likeness (QED) is 0.281. The molecule has 0 unspecified atom stereocenters. The van der Waals surface area contributed by atoms with Crippen LogP contribution >= 0.6 is 11.3 Å². The number of aromatic nitrogens is 5. The number of likely N-dealkylation sites (tertiary alicyclic amines) is 1. The Morgan fingerprint density at radius 1 is 1.02 bits per heavy atom. The summed E-state index contributed by atoms with van der Waals surface area (Å²) in [6, 6.07) is 12.2. The van der Waals surface area contributed by atoms with Crippen molar-refractivity contribution in [3.63, 3.8) is 0 Å². The Bertz CT molecular complexity index is 1960. The molecule has 0 bridgehead atoms. The van der Waals surface area contributed by atoms with Gasteiger partial charge in [0.05, 0.1) is 11.8 Å². The molecule has 1 N–H and O–H groups in total. The number of halogens is 1. The fourth-order valence-corrected chi connectivity index (χ4v) is 6.96. The van der Waals surface area contributed by atoms with Gasteiger partial charge in [-0.15, -0.1) is 0 Å². The highest BCUT2D eigenvalue weighted by Crippen LogP contribution is 2.37. The number of urea groups is 1. The average Bonchev–Trinajstić information content (AvgIpc) is 3.84. The lowest BCUT2D eigenvalue weighted by molar-refractivity contribution is 0.144. The summed E-state index contributed by atoms with van der Waals surface area (Å²) >= 11 is 1.28. The van der Waals surface area contributed by atoms with Gasteiger partial charge in [-0.25, -0.2) is 29.1 Å². The van der Waals surface area contributed by atoms with Crippen molar-refractivity contribution in [2.75, 3.05) is 56.1 Å². The van der Waals surface area contributed by atoms with E-state index in [1.807, 2.05) is 58.9 Å². The Morgan fingerprint density at radius 3 is 2.40 bits per heavy atom. The minimum atomic E-state index is -0.430. The number of rotatable bonds is 6. The number of carbonyl (C=O) groups excluding carboxylic acids is 1. The summed E-state index contributed by atoms with van der Waals surface area (Å²) in [6.45, 7) is 5.45. The number of nitriles is 1. The lowest BCUT2D eigenvalue weighted by atomic mass is 10.1. The first-order valence-corrected chi connectivity index (χ1v) is 16.4. The average molecular weight is 653 g/mol. The predicted molar refractivity (Wildman–Crippen MR) is 177 cm³/mol. The molecule has 0 radical (unpaired) electrons. The molecule has 0 saturated carbocycles. The smallest absolute Gasteiger partial charge is 0.320 e. The lowest BCUT2D eigenvalue weighted by Gasteiger charge is -2.36. The maximum atomic E-state index is 13.6. The van der Waals surface area contributed by atoms with E-state index in [0.29, 0.717) is 79.3 Å². The van der Waals surface area contributed by atoms with Gasteiger partial charge in [-0.1, -0.05) is 18.3 Å². The molecule has 12 nitrogen and oxygen atoms in total. The third-order valence-corrected chi connectivity index (χ3v) is 9.71. The summed E-state index contributed by atoms with van der Waals surface area (Å²) in [6.07, 6.45) is 6.51. The number of thiazole rings is 1. The van der Waals surface area contributed by atoms with Crippen LogP contribution in [-0.2, 0) is 6.42 Å². The minimum Gasteiger partial charge on any atom is -0.391 e. The highest BCUT2D eigenvalue weighted by atomic mass is 32.1. The van der Waals surface area contributed by atoms with Crippen molar-refractivity contribution in [3.05, 3.63) is 71.4 Å². The molecule has 4 aromatic heterocycles. The maximum Gasteiger partial charge on any atom is 0.320 e. The molecule has 0 spiro atoms. The second-order valence-corrected chi connectivity index (χ2v) is 12.6. The van der Waals surface area contributed by atoms with E-state index < -0.39 is 6.10 Å². The van der Waals surface area contributed by atoms with E-state index >= 15 is 0 Å². The van der Waals surface area contributed by atoms with Crippen molar-refractivity contribution in [2.24, 2.45) is 0 Å². The second-order valence-electron chi connectivity index (χ2n) is 11.7. The first-order valence-electron chi connectivity index (χ1n) is 15.5. The molecular weight excluding hydrogens is 619 g/mol. The number of benzene rings is 1. The summed E-state index contributed by atoms with van der Waals surface area (Å²) in [5, 5.41) is 20.3. The zero-order chi connectivity index (χ0) is 32.7. The number of carbonyl (C=O) groups is 1. The van der Waals surface area contributed by atoms with Gasteiger partial charge in [0, 0.05) is 81.6 Å². The number of piperazine rings is 1. The number of hydrogen-bond acceptors (Lipinski definition) is 10. The number of anilines is 3. The number of imidazole rings is 1. The van der Waals surface area contributed by atoms with Crippen molar-refractivity contribution in [3.8, 4) is 28.5 Å². The van der Waals surface area contributed by atoms with E-state index in [9.17, 15) is 19.6 Å². The van der Waals surface area contributed by atoms with E-state index in [1.54, 1.807) is 17.0 Å². The normalized spacial score (nSPS) is 16.6. The number of amides is 2. The summed E-state index contributed by atoms with van der Waals surface area (Å²) in [4.78, 5) is 39.8. The Hall–Kier alpha value is -5.13.